The average molecular weight is 576 g/mol. The summed E-state index contributed by atoms with van der Waals surface area (Å²) in [7, 11) is 0. The molecule has 2 amide bonds. The zero-order chi connectivity index (χ0) is 29.6. The molecule has 2 saturated heterocycles. The summed E-state index contributed by atoms with van der Waals surface area (Å²) in [6.07, 6.45) is 2.66. The zero-order valence-electron chi connectivity index (χ0n) is 24.8. The summed E-state index contributed by atoms with van der Waals surface area (Å²) in [4.78, 5) is 45.4. The van der Waals surface area contributed by atoms with E-state index in [1.165, 1.54) is 22.6 Å². The summed E-state index contributed by atoms with van der Waals surface area (Å²) in [5.74, 6) is -1.25. The Morgan fingerprint density at radius 2 is 1.55 bits per heavy atom. The fraction of sp³-hybridized carbons (Fsp3) is 0.545. The number of ether oxygens (including phenoxy) is 2. The van der Waals surface area contributed by atoms with Crippen LogP contribution in [0.3, 0.4) is 0 Å². The number of amides is 2. The van der Waals surface area contributed by atoms with Gasteiger partial charge in [0, 0.05) is 31.0 Å². The molecule has 0 spiro atoms. The quantitative estimate of drug-likeness (QED) is 0.497. The molecular formula is C33H41N3O6. The van der Waals surface area contributed by atoms with Crippen LogP contribution in [-0.2, 0) is 14.3 Å². The molecule has 1 saturated carbocycles. The SMILES string of the molecule is CC(C)(C)OC(=O)N1CCC(C(=O)O)(N(C(=O)OCC2c3ccccc3-c3ccccc32)C2CC(N3CCCC3)C2)C1. The first-order chi connectivity index (χ1) is 20.1. The van der Waals surface area contributed by atoms with Crippen LogP contribution in [0.25, 0.3) is 11.1 Å². The number of nitrogens with zero attached hydrogens (tertiary/aromatic N) is 3. The minimum absolute atomic E-state index is 0.108. The van der Waals surface area contributed by atoms with E-state index in [1.807, 2.05) is 24.3 Å². The number of fused-ring (bicyclic) bond motifs is 3. The molecular weight excluding hydrogens is 534 g/mol. The molecule has 4 aliphatic rings. The van der Waals surface area contributed by atoms with Gasteiger partial charge in [-0.2, -0.15) is 0 Å². The van der Waals surface area contributed by atoms with Gasteiger partial charge in [-0.3, -0.25) is 4.90 Å². The Hall–Kier alpha value is -3.59. The lowest BCUT2D eigenvalue weighted by Gasteiger charge is -2.50. The smallest absolute Gasteiger partial charge is 0.411 e. The molecule has 1 atom stereocenters. The predicted octanol–water partition coefficient (Wildman–Crippen LogP) is 5.33. The van der Waals surface area contributed by atoms with Gasteiger partial charge in [0.1, 0.15) is 12.2 Å². The maximum absolute atomic E-state index is 14.1. The fourth-order valence-electron chi connectivity index (χ4n) is 7.26. The van der Waals surface area contributed by atoms with Crippen LogP contribution in [0.5, 0.6) is 0 Å². The molecule has 224 valence electrons. The third-order valence-corrected chi connectivity index (χ3v) is 9.40. The first-order valence-corrected chi connectivity index (χ1v) is 15.2. The molecule has 3 fully saturated rings. The lowest BCUT2D eigenvalue weighted by Crippen LogP contribution is -2.67. The van der Waals surface area contributed by atoms with E-state index in [1.54, 1.807) is 20.8 Å². The van der Waals surface area contributed by atoms with Gasteiger partial charge in [-0.1, -0.05) is 48.5 Å². The van der Waals surface area contributed by atoms with Crippen molar-refractivity contribution < 1.29 is 29.0 Å². The second kappa shape index (κ2) is 10.9. The molecule has 2 aromatic carbocycles. The van der Waals surface area contributed by atoms with E-state index in [2.05, 4.69) is 29.2 Å². The average Bonchev–Trinajstić information content (AvgIpc) is 3.67. The number of likely N-dealkylation sites (tertiary alicyclic amines) is 2. The second-order valence-corrected chi connectivity index (χ2v) is 13.2. The van der Waals surface area contributed by atoms with Crippen molar-refractivity contribution in [2.45, 2.75) is 82.0 Å². The van der Waals surface area contributed by atoms with Crippen molar-refractivity contribution in [3.05, 3.63) is 59.7 Å². The van der Waals surface area contributed by atoms with Crippen LogP contribution in [0.4, 0.5) is 9.59 Å². The van der Waals surface area contributed by atoms with Crippen LogP contribution >= 0.6 is 0 Å². The summed E-state index contributed by atoms with van der Waals surface area (Å²) in [6, 6.07) is 16.3. The number of aliphatic carboxylic acids is 1. The summed E-state index contributed by atoms with van der Waals surface area (Å²) >= 11 is 0. The van der Waals surface area contributed by atoms with E-state index in [9.17, 15) is 19.5 Å². The Labute approximate surface area is 247 Å². The molecule has 0 radical (unpaired) electrons. The van der Waals surface area contributed by atoms with Gasteiger partial charge in [0.15, 0.2) is 5.54 Å². The van der Waals surface area contributed by atoms with E-state index in [-0.39, 0.29) is 38.1 Å². The van der Waals surface area contributed by atoms with Gasteiger partial charge >= 0.3 is 18.2 Å². The van der Waals surface area contributed by atoms with E-state index < -0.39 is 29.3 Å². The van der Waals surface area contributed by atoms with Crippen molar-refractivity contribution in [2.75, 3.05) is 32.8 Å². The molecule has 1 N–H and O–H groups in total. The largest absolute Gasteiger partial charge is 0.479 e. The van der Waals surface area contributed by atoms with Crippen molar-refractivity contribution in [3.8, 4) is 11.1 Å². The molecule has 9 heteroatoms. The molecule has 9 nitrogen and oxygen atoms in total. The molecule has 2 aromatic rings. The molecule has 42 heavy (non-hydrogen) atoms. The highest BCUT2D eigenvalue weighted by Crippen LogP contribution is 2.45. The monoisotopic (exact) mass is 575 g/mol. The first-order valence-electron chi connectivity index (χ1n) is 15.2. The number of hydrogen-bond acceptors (Lipinski definition) is 6. The summed E-state index contributed by atoms with van der Waals surface area (Å²) in [5, 5.41) is 10.7. The van der Waals surface area contributed by atoms with Crippen LogP contribution in [0.2, 0.25) is 0 Å². The minimum atomic E-state index is -1.58. The highest BCUT2D eigenvalue weighted by Gasteiger charge is 2.58. The summed E-state index contributed by atoms with van der Waals surface area (Å²) in [6.45, 7) is 7.58. The lowest BCUT2D eigenvalue weighted by molar-refractivity contribution is -0.153. The maximum Gasteiger partial charge on any atom is 0.411 e. The van der Waals surface area contributed by atoms with Crippen LogP contribution in [0, 0.1) is 0 Å². The van der Waals surface area contributed by atoms with E-state index in [0.717, 1.165) is 35.3 Å². The zero-order valence-corrected chi connectivity index (χ0v) is 24.8. The number of carbonyl (C=O) groups excluding carboxylic acids is 2. The molecule has 2 heterocycles. The van der Waals surface area contributed by atoms with Gasteiger partial charge in [0.05, 0.1) is 6.54 Å². The summed E-state index contributed by atoms with van der Waals surface area (Å²) in [5.41, 5.74) is 2.16. The standard InChI is InChI=1S/C33H41N3O6/c1-32(2,3)42-30(39)35-17-14-33(21-35,29(37)38)36(23-18-22(19-23)34-15-8-9-16-34)31(40)41-20-28-26-12-6-4-10-24(26)25-11-5-7-13-27(25)28/h4-7,10-13,22-23,28H,8-9,14-21H2,1-3H3,(H,37,38). The Kier molecular flexibility index (Phi) is 7.41. The Morgan fingerprint density at radius 3 is 2.12 bits per heavy atom. The molecule has 0 aromatic heterocycles. The number of carboxylic acids is 1. The fourth-order valence-corrected chi connectivity index (χ4v) is 7.26. The van der Waals surface area contributed by atoms with E-state index >= 15 is 0 Å². The normalized spacial score (nSPS) is 25.5. The second-order valence-electron chi connectivity index (χ2n) is 13.2. The van der Waals surface area contributed by atoms with Crippen molar-refractivity contribution in [1.82, 2.24) is 14.7 Å². The van der Waals surface area contributed by atoms with Crippen molar-refractivity contribution in [1.29, 1.82) is 0 Å². The maximum atomic E-state index is 14.1. The number of carbonyl (C=O) groups is 3. The Balaban J connectivity index is 1.25. The molecule has 0 bridgehead atoms. The number of benzene rings is 2. The predicted molar refractivity (Wildman–Crippen MR) is 157 cm³/mol. The lowest BCUT2D eigenvalue weighted by atomic mass is 9.81. The number of rotatable bonds is 6. The Bertz CT molecular complexity index is 1310. The van der Waals surface area contributed by atoms with Crippen LogP contribution in [-0.4, -0.2) is 94.0 Å². The van der Waals surface area contributed by atoms with Gasteiger partial charge in [-0.05, 0) is 81.8 Å². The van der Waals surface area contributed by atoms with Gasteiger partial charge in [-0.15, -0.1) is 0 Å². The minimum Gasteiger partial charge on any atom is -0.479 e. The molecule has 1 unspecified atom stereocenters. The van der Waals surface area contributed by atoms with E-state index in [4.69, 9.17) is 9.47 Å². The van der Waals surface area contributed by atoms with Crippen molar-refractivity contribution >= 4 is 18.2 Å². The van der Waals surface area contributed by atoms with E-state index in [0.29, 0.717) is 18.9 Å². The van der Waals surface area contributed by atoms with Crippen molar-refractivity contribution in [3.63, 3.8) is 0 Å². The molecule has 2 aliphatic carbocycles. The highest BCUT2D eigenvalue weighted by molar-refractivity contribution is 5.87. The third-order valence-electron chi connectivity index (χ3n) is 9.40. The van der Waals surface area contributed by atoms with Crippen LogP contribution < -0.4 is 0 Å². The first kappa shape index (κ1) is 28.5. The molecule has 2 aliphatic heterocycles. The summed E-state index contributed by atoms with van der Waals surface area (Å²) < 4.78 is 11.6. The number of carboxylic acid groups (broad SMARTS) is 1. The van der Waals surface area contributed by atoms with Gasteiger partial charge in [0.2, 0.25) is 0 Å². The van der Waals surface area contributed by atoms with Crippen LogP contribution in [0.1, 0.15) is 69.9 Å². The van der Waals surface area contributed by atoms with Gasteiger partial charge in [-0.25, -0.2) is 14.4 Å². The van der Waals surface area contributed by atoms with Gasteiger partial charge in [0.25, 0.3) is 0 Å². The van der Waals surface area contributed by atoms with Gasteiger partial charge < -0.3 is 24.4 Å². The topological polar surface area (TPSA) is 99.6 Å². The Morgan fingerprint density at radius 1 is 0.952 bits per heavy atom. The van der Waals surface area contributed by atoms with Crippen molar-refractivity contribution in [2.24, 2.45) is 0 Å². The third kappa shape index (κ3) is 5.12. The van der Waals surface area contributed by atoms with Crippen LogP contribution in [0.15, 0.2) is 48.5 Å². The molecule has 6 rings (SSSR count). The number of hydrogen-bond donors (Lipinski definition) is 1. The highest BCUT2D eigenvalue weighted by atomic mass is 16.6.